The summed E-state index contributed by atoms with van der Waals surface area (Å²) in [6.07, 6.45) is 0.00463. The van der Waals surface area contributed by atoms with Crippen LogP contribution in [0.5, 0.6) is 11.5 Å². The van der Waals surface area contributed by atoms with Crippen molar-refractivity contribution in [3.8, 4) is 22.8 Å². The molecule has 7 heteroatoms. The Bertz CT molecular complexity index is 758. The quantitative estimate of drug-likeness (QED) is 0.847. The number of ether oxygens (including phenoxy) is 3. The van der Waals surface area contributed by atoms with Gasteiger partial charge in [-0.1, -0.05) is 5.16 Å². The predicted octanol–water partition coefficient (Wildman–Crippen LogP) is 2.61. The molecule has 3 rings (SSSR count). The van der Waals surface area contributed by atoms with E-state index < -0.39 is 0 Å². The second-order valence-electron chi connectivity index (χ2n) is 6.09. The predicted molar refractivity (Wildman–Crippen MR) is 91.0 cm³/mol. The number of rotatable bonds is 4. The number of methoxy groups -OCH3 is 2. The van der Waals surface area contributed by atoms with Gasteiger partial charge in [0, 0.05) is 12.6 Å². The van der Waals surface area contributed by atoms with E-state index >= 15 is 0 Å². The average Bonchev–Trinajstić information content (AvgIpc) is 3.12. The molecular formula is C18H22N2O5. The van der Waals surface area contributed by atoms with E-state index in [1.54, 1.807) is 43.4 Å². The number of benzene rings is 1. The number of hydrogen-bond donors (Lipinski definition) is 0. The Morgan fingerprint density at radius 3 is 2.76 bits per heavy atom. The number of aromatic nitrogens is 1. The Morgan fingerprint density at radius 2 is 2.04 bits per heavy atom. The molecular weight excluding hydrogens is 324 g/mol. The Balaban J connectivity index is 1.89. The highest BCUT2D eigenvalue weighted by Crippen LogP contribution is 2.34. The Kier molecular flexibility index (Phi) is 4.94. The smallest absolute Gasteiger partial charge is 0.276 e. The fraction of sp³-hybridized carbons (Fsp3) is 0.444. The lowest BCUT2D eigenvalue weighted by atomic mass is 10.1. The molecule has 1 amide bonds. The van der Waals surface area contributed by atoms with Crippen molar-refractivity contribution in [3.05, 3.63) is 30.0 Å². The lowest BCUT2D eigenvalue weighted by Crippen LogP contribution is -2.50. The molecule has 7 nitrogen and oxygen atoms in total. The molecule has 0 radical (unpaired) electrons. The lowest BCUT2D eigenvalue weighted by Gasteiger charge is -2.36. The van der Waals surface area contributed by atoms with E-state index in [2.05, 4.69) is 5.16 Å². The van der Waals surface area contributed by atoms with Crippen LogP contribution in [0.25, 0.3) is 11.3 Å². The summed E-state index contributed by atoms with van der Waals surface area (Å²) in [6, 6.07) is 6.99. The van der Waals surface area contributed by atoms with Crippen LogP contribution in [-0.4, -0.2) is 55.5 Å². The number of carbonyl (C=O) groups excluding carboxylic acids is 1. The largest absolute Gasteiger partial charge is 0.497 e. The first-order valence-electron chi connectivity index (χ1n) is 8.15. The molecule has 0 bridgehead atoms. The first kappa shape index (κ1) is 17.3. The van der Waals surface area contributed by atoms with Gasteiger partial charge in [-0.3, -0.25) is 4.79 Å². The van der Waals surface area contributed by atoms with Gasteiger partial charge in [0.15, 0.2) is 11.5 Å². The maximum atomic E-state index is 12.8. The lowest BCUT2D eigenvalue weighted by molar-refractivity contribution is -0.0390. The fourth-order valence-electron chi connectivity index (χ4n) is 2.84. The molecule has 2 aromatic rings. The van der Waals surface area contributed by atoms with Crippen molar-refractivity contribution in [1.29, 1.82) is 0 Å². The highest BCUT2D eigenvalue weighted by molar-refractivity contribution is 5.93. The summed E-state index contributed by atoms with van der Waals surface area (Å²) in [5.74, 6) is 1.56. The van der Waals surface area contributed by atoms with Gasteiger partial charge >= 0.3 is 0 Å². The zero-order valence-corrected chi connectivity index (χ0v) is 14.8. The third kappa shape index (κ3) is 3.46. The second kappa shape index (κ2) is 7.14. The summed E-state index contributed by atoms with van der Waals surface area (Å²) in [7, 11) is 3.16. The monoisotopic (exact) mass is 346 g/mol. The maximum Gasteiger partial charge on any atom is 0.276 e. The Hall–Kier alpha value is -2.54. The SMILES string of the molecule is COc1ccc(OC)c(-c2cc(C(=O)N3CC(C)OCC3C)no2)c1. The molecule has 0 N–H and O–H groups in total. The van der Waals surface area contributed by atoms with E-state index in [-0.39, 0.29) is 23.7 Å². The first-order valence-corrected chi connectivity index (χ1v) is 8.15. The number of carbonyl (C=O) groups is 1. The van der Waals surface area contributed by atoms with E-state index in [9.17, 15) is 4.79 Å². The van der Waals surface area contributed by atoms with Gasteiger partial charge in [0.25, 0.3) is 5.91 Å². The Labute approximate surface area is 146 Å². The first-order chi connectivity index (χ1) is 12.0. The van der Waals surface area contributed by atoms with E-state index in [0.29, 0.717) is 36.0 Å². The molecule has 1 aliphatic rings. The van der Waals surface area contributed by atoms with Crippen LogP contribution < -0.4 is 9.47 Å². The van der Waals surface area contributed by atoms with Crippen LogP contribution in [0.2, 0.25) is 0 Å². The van der Waals surface area contributed by atoms with E-state index in [4.69, 9.17) is 18.7 Å². The number of amides is 1. The molecule has 2 heterocycles. The van der Waals surface area contributed by atoms with Gasteiger partial charge in [-0.2, -0.15) is 0 Å². The molecule has 0 aliphatic carbocycles. The van der Waals surface area contributed by atoms with E-state index in [0.717, 1.165) is 0 Å². The third-order valence-corrected chi connectivity index (χ3v) is 4.27. The summed E-state index contributed by atoms with van der Waals surface area (Å²) >= 11 is 0. The minimum Gasteiger partial charge on any atom is -0.497 e. The summed E-state index contributed by atoms with van der Waals surface area (Å²) < 4.78 is 21.6. The van der Waals surface area contributed by atoms with E-state index in [1.165, 1.54) is 0 Å². The molecule has 1 aliphatic heterocycles. The Morgan fingerprint density at radius 1 is 1.24 bits per heavy atom. The van der Waals surface area contributed by atoms with Crippen molar-refractivity contribution in [3.63, 3.8) is 0 Å². The average molecular weight is 346 g/mol. The highest BCUT2D eigenvalue weighted by Gasteiger charge is 2.30. The molecule has 25 heavy (non-hydrogen) atoms. The molecule has 1 saturated heterocycles. The van der Waals surface area contributed by atoms with Crippen LogP contribution in [-0.2, 0) is 4.74 Å². The molecule has 0 spiro atoms. The number of hydrogen-bond acceptors (Lipinski definition) is 6. The van der Waals surface area contributed by atoms with Crippen molar-refractivity contribution in [2.75, 3.05) is 27.4 Å². The summed E-state index contributed by atoms with van der Waals surface area (Å²) in [6.45, 7) is 4.95. The van der Waals surface area contributed by atoms with Gasteiger partial charge in [-0.15, -0.1) is 0 Å². The van der Waals surface area contributed by atoms with Crippen LogP contribution in [0, 0.1) is 0 Å². The highest BCUT2D eigenvalue weighted by atomic mass is 16.5. The van der Waals surface area contributed by atoms with Gasteiger partial charge in [-0.05, 0) is 32.0 Å². The van der Waals surface area contributed by atoms with Crippen LogP contribution >= 0.6 is 0 Å². The minimum atomic E-state index is -0.167. The van der Waals surface area contributed by atoms with Crippen LogP contribution in [0.15, 0.2) is 28.8 Å². The van der Waals surface area contributed by atoms with Crippen LogP contribution in [0.1, 0.15) is 24.3 Å². The van der Waals surface area contributed by atoms with Gasteiger partial charge in [0.2, 0.25) is 0 Å². The summed E-state index contributed by atoms with van der Waals surface area (Å²) in [4.78, 5) is 14.5. The van der Waals surface area contributed by atoms with Crippen LogP contribution in [0.3, 0.4) is 0 Å². The molecule has 2 atom stereocenters. The van der Waals surface area contributed by atoms with Gasteiger partial charge in [0.05, 0.1) is 38.5 Å². The molecule has 134 valence electrons. The topological polar surface area (TPSA) is 74.0 Å². The van der Waals surface area contributed by atoms with Gasteiger partial charge in [0.1, 0.15) is 11.5 Å². The summed E-state index contributed by atoms with van der Waals surface area (Å²) in [5.41, 5.74) is 0.942. The molecule has 2 unspecified atom stereocenters. The molecule has 0 saturated carbocycles. The number of nitrogens with zero attached hydrogens (tertiary/aromatic N) is 2. The zero-order chi connectivity index (χ0) is 18.0. The van der Waals surface area contributed by atoms with Crippen LogP contribution in [0.4, 0.5) is 0 Å². The van der Waals surface area contributed by atoms with Gasteiger partial charge < -0.3 is 23.6 Å². The molecule has 1 aromatic heterocycles. The van der Waals surface area contributed by atoms with Crippen molar-refractivity contribution in [2.24, 2.45) is 0 Å². The maximum absolute atomic E-state index is 12.8. The zero-order valence-electron chi connectivity index (χ0n) is 14.8. The van der Waals surface area contributed by atoms with Crippen molar-refractivity contribution >= 4 is 5.91 Å². The number of morpholine rings is 1. The third-order valence-electron chi connectivity index (χ3n) is 4.27. The molecule has 1 fully saturated rings. The normalized spacial score (nSPS) is 20.4. The van der Waals surface area contributed by atoms with E-state index in [1.807, 2.05) is 13.8 Å². The van der Waals surface area contributed by atoms with Crippen molar-refractivity contribution in [1.82, 2.24) is 10.1 Å². The summed E-state index contributed by atoms with van der Waals surface area (Å²) in [5, 5.41) is 3.95. The van der Waals surface area contributed by atoms with Gasteiger partial charge in [-0.25, -0.2) is 0 Å². The molecule has 1 aromatic carbocycles. The minimum absolute atomic E-state index is 0.00444. The standard InChI is InChI=1S/C18H22N2O5/c1-11-10-24-12(2)9-20(11)18(21)15-8-17(25-19-15)14-7-13(22-3)5-6-16(14)23-4/h5-8,11-12H,9-10H2,1-4H3. The van der Waals surface area contributed by atoms with Crippen molar-refractivity contribution < 1.29 is 23.5 Å². The second-order valence-corrected chi connectivity index (χ2v) is 6.09. The van der Waals surface area contributed by atoms with Crippen molar-refractivity contribution in [2.45, 2.75) is 26.0 Å². The fourth-order valence-corrected chi connectivity index (χ4v) is 2.84.